The number of hydrogen-bond acceptors (Lipinski definition) is 5. The Labute approximate surface area is 163 Å². The van der Waals surface area contributed by atoms with Crippen LogP contribution >= 0.6 is 0 Å². The number of amides is 3. The number of rotatable bonds is 7. The van der Waals surface area contributed by atoms with Gasteiger partial charge in [0.25, 0.3) is 0 Å². The lowest BCUT2D eigenvalue weighted by molar-refractivity contribution is -0.141. The second-order valence-electron chi connectivity index (χ2n) is 7.55. The third-order valence-electron chi connectivity index (χ3n) is 6.03. The van der Waals surface area contributed by atoms with E-state index in [1.54, 1.807) is 25.3 Å². The molecule has 1 aromatic rings. The predicted octanol–water partition coefficient (Wildman–Crippen LogP) is 2.23. The van der Waals surface area contributed by atoms with Gasteiger partial charge in [0.05, 0.1) is 31.7 Å². The van der Waals surface area contributed by atoms with Crippen molar-refractivity contribution in [3.05, 3.63) is 30.4 Å². The van der Waals surface area contributed by atoms with Crippen LogP contribution in [0.2, 0.25) is 0 Å². The Bertz CT molecular complexity index is 819. The van der Waals surface area contributed by atoms with Crippen LogP contribution in [0, 0.1) is 23.7 Å². The van der Waals surface area contributed by atoms with E-state index in [2.05, 4.69) is 17.5 Å². The average Bonchev–Trinajstić information content (AvgIpc) is 3.37. The van der Waals surface area contributed by atoms with Crippen LogP contribution in [0.4, 0.5) is 5.69 Å². The van der Waals surface area contributed by atoms with Gasteiger partial charge in [-0.05, 0) is 36.8 Å². The van der Waals surface area contributed by atoms with Gasteiger partial charge in [-0.15, -0.1) is 0 Å². The van der Waals surface area contributed by atoms with Crippen LogP contribution in [0.3, 0.4) is 0 Å². The van der Waals surface area contributed by atoms with E-state index in [9.17, 15) is 14.4 Å². The van der Waals surface area contributed by atoms with Crippen LogP contribution < -0.4 is 14.8 Å². The Morgan fingerprint density at radius 2 is 1.79 bits per heavy atom. The topological polar surface area (TPSA) is 84.9 Å². The summed E-state index contributed by atoms with van der Waals surface area (Å²) in [6.07, 6.45) is 5.71. The normalized spacial score (nSPS) is 27.3. The Kier molecular flexibility index (Phi) is 4.83. The number of nitrogens with one attached hydrogen (secondary N) is 1. The molecule has 1 saturated heterocycles. The van der Waals surface area contributed by atoms with Crippen molar-refractivity contribution in [3.8, 4) is 11.5 Å². The molecule has 1 heterocycles. The Hall–Kier alpha value is -2.83. The minimum absolute atomic E-state index is 0.0678. The molecule has 2 bridgehead atoms. The molecule has 2 aliphatic carbocycles. The second-order valence-corrected chi connectivity index (χ2v) is 7.55. The maximum Gasteiger partial charge on any atom is 0.233 e. The van der Waals surface area contributed by atoms with Gasteiger partial charge < -0.3 is 14.8 Å². The van der Waals surface area contributed by atoms with Crippen molar-refractivity contribution in [2.75, 3.05) is 26.1 Å². The molecule has 28 heavy (non-hydrogen) atoms. The van der Waals surface area contributed by atoms with E-state index in [1.165, 1.54) is 12.0 Å². The molecule has 0 unspecified atom stereocenters. The highest BCUT2D eigenvalue weighted by atomic mass is 16.5. The molecule has 4 atom stereocenters. The summed E-state index contributed by atoms with van der Waals surface area (Å²) in [7, 11) is 3.08. The second kappa shape index (κ2) is 7.30. The van der Waals surface area contributed by atoms with Crippen LogP contribution in [0.15, 0.2) is 30.4 Å². The number of carbonyl (C=O) groups is 3. The molecule has 3 aliphatic rings. The van der Waals surface area contributed by atoms with Crippen LogP contribution in [-0.4, -0.2) is 43.4 Å². The van der Waals surface area contributed by atoms with E-state index in [4.69, 9.17) is 9.47 Å². The lowest BCUT2D eigenvalue weighted by atomic mass is 9.85. The highest BCUT2D eigenvalue weighted by Crippen LogP contribution is 2.52. The van der Waals surface area contributed by atoms with Crippen molar-refractivity contribution in [2.45, 2.75) is 19.3 Å². The van der Waals surface area contributed by atoms with Gasteiger partial charge in [0.1, 0.15) is 11.5 Å². The number of hydrogen-bond donors (Lipinski definition) is 1. The number of benzene rings is 1. The first-order valence-corrected chi connectivity index (χ1v) is 9.59. The van der Waals surface area contributed by atoms with Crippen LogP contribution in [0.25, 0.3) is 0 Å². The highest BCUT2D eigenvalue weighted by Gasteiger charge is 2.58. The third-order valence-corrected chi connectivity index (χ3v) is 6.03. The Balaban J connectivity index is 1.32. The number of carbonyl (C=O) groups excluding carboxylic acids is 3. The quantitative estimate of drug-likeness (QED) is 0.576. The number of likely N-dealkylation sites (tertiary alicyclic amines) is 1. The van der Waals surface area contributed by atoms with E-state index >= 15 is 0 Å². The van der Waals surface area contributed by atoms with Gasteiger partial charge in [0.15, 0.2) is 0 Å². The smallest absolute Gasteiger partial charge is 0.233 e. The number of nitrogens with zero attached hydrogens (tertiary/aromatic N) is 1. The van der Waals surface area contributed by atoms with Crippen molar-refractivity contribution in [2.24, 2.45) is 23.7 Å². The lowest BCUT2D eigenvalue weighted by Gasteiger charge is -2.17. The van der Waals surface area contributed by atoms with Gasteiger partial charge in [-0.2, -0.15) is 0 Å². The summed E-state index contributed by atoms with van der Waals surface area (Å²) in [5, 5.41) is 2.81. The van der Waals surface area contributed by atoms with Gasteiger partial charge in [-0.1, -0.05) is 12.2 Å². The summed E-state index contributed by atoms with van der Waals surface area (Å²) >= 11 is 0. The van der Waals surface area contributed by atoms with E-state index in [1.807, 2.05) is 0 Å². The molecule has 0 radical (unpaired) electrons. The van der Waals surface area contributed by atoms with E-state index in [-0.39, 0.29) is 54.4 Å². The van der Waals surface area contributed by atoms with Crippen LogP contribution in [0.1, 0.15) is 19.3 Å². The molecular formula is C21H24N2O5. The van der Waals surface area contributed by atoms with Crippen molar-refractivity contribution in [3.63, 3.8) is 0 Å². The first-order valence-electron chi connectivity index (χ1n) is 9.59. The van der Waals surface area contributed by atoms with Crippen molar-refractivity contribution < 1.29 is 23.9 Å². The maximum atomic E-state index is 12.6. The average molecular weight is 384 g/mol. The first kappa shape index (κ1) is 18.5. The van der Waals surface area contributed by atoms with Gasteiger partial charge in [-0.25, -0.2) is 0 Å². The maximum absolute atomic E-state index is 12.6. The molecule has 4 rings (SSSR count). The van der Waals surface area contributed by atoms with Crippen LogP contribution in [-0.2, 0) is 14.4 Å². The Morgan fingerprint density at radius 1 is 1.11 bits per heavy atom. The predicted molar refractivity (Wildman–Crippen MR) is 102 cm³/mol. The summed E-state index contributed by atoms with van der Waals surface area (Å²) in [5.41, 5.74) is 0.525. The summed E-state index contributed by atoms with van der Waals surface area (Å²) in [6, 6.07) is 5.16. The molecule has 3 amide bonds. The molecule has 148 valence electrons. The largest absolute Gasteiger partial charge is 0.497 e. The molecule has 0 spiro atoms. The van der Waals surface area contributed by atoms with Crippen molar-refractivity contribution in [1.29, 1.82) is 0 Å². The van der Waals surface area contributed by atoms with E-state index < -0.39 is 0 Å². The SMILES string of the molecule is COc1ccc(OC)c(NC(=O)CCCN2C(=O)[C@H]3[C@H](C2=O)[C@H]2C=C[C@H]3C2)c1. The molecular weight excluding hydrogens is 360 g/mol. The fraction of sp³-hybridized carbons (Fsp3) is 0.476. The zero-order valence-electron chi connectivity index (χ0n) is 16.0. The summed E-state index contributed by atoms with van der Waals surface area (Å²) in [5.74, 6) is 0.861. The van der Waals surface area contributed by atoms with Crippen molar-refractivity contribution in [1.82, 2.24) is 4.90 Å². The number of anilines is 1. The first-order chi connectivity index (χ1) is 13.5. The molecule has 2 fully saturated rings. The number of methoxy groups -OCH3 is 2. The van der Waals surface area contributed by atoms with Crippen LogP contribution in [0.5, 0.6) is 11.5 Å². The molecule has 1 saturated carbocycles. The number of ether oxygens (including phenoxy) is 2. The van der Waals surface area contributed by atoms with Crippen molar-refractivity contribution >= 4 is 23.4 Å². The molecule has 1 aliphatic heterocycles. The number of fused-ring (bicyclic) bond motifs is 5. The summed E-state index contributed by atoms with van der Waals surface area (Å²) in [4.78, 5) is 39.0. The third kappa shape index (κ3) is 3.04. The van der Waals surface area contributed by atoms with Gasteiger partial charge in [-0.3, -0.25) is 19.3 Å². The van der Waals surface area contributed by atoms with Gasteiger partial charge >= 0.3 is 0 Å². The summed E-state index contributed by atoms with van der Waals surface area (Å²) < 4.78 is 10.4. The molecule has 1 aromatic carbocycles. The molecule has 7 nitrogen and oxygen atoms in total. The van der Waals surface area contributed by atoms with E-state index in [0.717, 1.165) is 6.42 Å². The number of allylic oxidation sites excluding steroid dienone is 2. The fourth-order valence-electron chi connectivity index (χ4n) is 4.71. The zero-order chi connectivity index (χ0) is 19.8. The zero-order valence-corrected chi connectivity index (χ0v) is 16.0. The van der Waals surface area contributed by atoms with E-state index in [0.29, 0.717) is 23.6 Å². The Morgan fingerprint density at radius 3 is 2.39 bits per heavy atom. The minimum Gasteiger partial charge on any atom is -0.497 e. The highest BCUT2D eigenvalue weighted by molar-refractivity contribution is 6.06. The molecule has 7 heteroatoms. The lowest BCUT2D eigenvalue weighted by Crippen LogP contribution is -2.34. The van der Waals surface area contributed by atoms with Gasteiger partial charge in [0.2, 0.25) is 17.7 Å². The van der Waals surface area contributed by atoms with Gasteiger partial charge in [0, 0.05) is 19.0 Å². The standard InChI is InChI=1S/C21H24N2O5/c1-27-14-7-8-16(28-2)15(11-14)22-17(24)4-3-9-23-20(25)18-12-5-6-13(10-12)19(18)21(23)26/h5-8,11-13,18-19H,3-4,9-10H2,1-2H3,(H,22,24)/t12-,13-,18+,19+/m0/s1. The number of imide groups is 1. The fourth-order valence-corrected chi connectivity index (χ4v) is 4.71. The minimum atomic E-state index is -0.201. The summed E-state index contributed by atoms with van der Waals surface area (Å²) in [6.45, 7) is 0.284. The molecule has 0 aromatic heterocycles. The monoisotopic (exact) mass is 384 g/mol. The molecule has 1 N–H and O–H groups in total.